The molecule has 2 N–H and O–H groups in total. The zero-order chi connectivity index (χ0) is 18.7. The summed E-state index contributed by atoms with van der Waals surface area (Å²) in [5, 5.41) is 18.0. The van der Waals surface area contributed by atoms with E-state index in [2.05, 4.69) is 34.2 Å². The summed E-state index contributed by atoms with van der Waals surface area (Å²) in [5.74, 6) is 0.851. The van der Waals surface area contributed by atoms with Gasteiger partial charge >= 0.3 is 0 Å². The molecule has 0 bridgehead atoms. The number of aliphatic hydroxyl groups is 1. The fraction of sp³-hybridized carbons (Fsp3) is 0.556. The van der Waals surface area contributed by atoms with Crippen molar-refractivity contribution in [2.24, 2.45) is 13.0 Å². The molecule has 0 radical (unpaired) electrons. The van der Waals surface area contributed by atoms with E-state index in [1.54, 1.807) is 30.2 Å². The molecular weight excluding hydrogens is 332 g/mol. The Morgan fingerprint density at radius 1 is 1.38 bits per heavy atom. The molecule has 0 aliphatic carbocycles. The van der Waals surface area contributed by atoms with Gasteiger partial charge in [-0.1, -0.05) is 13.8 Å². The van der Waals surface area contributed by atoms with Crippen LogP contribution in [-0.2, 0) is 13.5 Å². The lowest BCUT2D eigenvalue weighted by Crippen LogP contribution is -2.45. The van der Waals surface area contributed by atoms with Crippen molar-refractivity contribution in [3.05, 3.63) is 35.9 Å². The number of rotatable bonds is 6. The molecule has 1 aliphatic heterocycles. The Morgan fingerprint density at radius 2 is 2.12 bits per heavy atom. The fourth-order valence-corrected chi connectivity index (χ4v) is 3.22. The minimum Gasteiger partial charge on any atom is -0.386 e. The van der Waals surface area contributed by atoms with Crippen LogP contribution in [0.2, 0.25) is 0 Å². The molecule has 1 amide bonds. The van der Waals surface area contributed by atoms with E-state index in [0.29, 0.717) is 37.1 Å². The Hall–Kier alpha value is -2.48. The normalized spacial score (nSPS) is 20.0. The molecule has 1 fully saturated rings. The molecule has 0 saturated carbocycles. The molecule has 0 aromatic carbocycles. The van der Waals surface area contributed by atoms with Crippen LogP contribution in [0.5, 0.6) is 0 Å². The van der Waals surface area contributed by atoms with Crippen LogP contribution in [-0.4, -0.2) is 56.0 Å². The predicted molar refractivity (Wildman–Crippen MR) is 97.9 cm³/mol. The minimum atomic E-state index is -0.992. The third-order valence-electron chi connectivity index (χ3n) is 4.53. The first-order valence-corrected chi connectivity index (χ1v) is 8.92. The Balaban J connectivity index is 1.58. The third-order valence-corrected chi connectivity index (χ3v) is 4.53. The molecule has 8 nitrogen and oxygen atoms in total. The maximum Gasteiger partial charge on any atom is 0.269 e. The van der Waals surface area contributed by atoms with Crippen LogP contribution in [0.25, 0.3) is 0 Å². The molecule has 3 heterocycles. The number of amides is 1. The summed E-state index contributed by atoms with van der Waals surface area (Å²) in [4.78, 5) is 22.8. The smallest absolute Gasteiger partial charge is 0.269 e. The number of nitrogens with zero attached hydrogens (tertiary/aromatic N) is 5. The number of aromatic nitrogens is 4. The Bertz CT molecular complexity index is 760. The second-order valence-electron chi connectivity index (χ2n) is 7.37. The second-order valence-corrected chi connectivity index (χ2v) is 7.37. The largest absolute Gasteiger partial charge is 0.386 e. The van der Waals surface area contributed by atoms with E-state index < -0.39 is 5.60 Å². The van der Waals surface area contributed by atoms with Gasteiger partial charge in [-0.15, -0.1) is 0 Å². The molecule has 1 saturated heterocycles. The minimum absolute atomic E-state index is 0.180. The molecule has 1 atom stereocenters. The zero-order valence-corrected chi connectivity index (χ0v) is 15.5. The van der Waals surface area contributed by atoms with Crippen molar-refractivity contribution in [1.29, 1.82) is 0 Å². The molecular formula is C18H26N6O2. The highest BCUT2D eigenvalue weighted by molar-refractivity contribution is 5.92. The van der Waals surface area contributed by atoms with Gasteiger partial charge < -0.3 is 15.3 Å². The van der Waals surface area contributed by atoms with E-state index in [-0.39, 0.29) is 12.5 Å². The van der Waals surface area contributed by atoms with E-state index in [1.807, 2.05) is 11.0 Å². The van der Waals surface area contributed by atoms with Gasteiger partial charge in [-0.2, -0.15) is 5.10 Å². The maximum atomic E-state index is 12.5. The van der Waals surface area contributed by atoms with E-state index >= 15 is 0 Å². The first kappa shape index (κ1) is 18.3. The lowest BCUT2D eigenvalue weighted by Gasteiger charge is -2.23. The number of carbonyl (C=O) groups excluding carboxylic acids is 1. The predicted octanol–water partition coefficient (Wildman–Crippen LogP) is 0.780. The molecule has 0 unspecified atom stereocenters. The van der Waals surface area contributed by atoms with Gasteiger partial charge in [0.2, 0.25) is 5.95 Å². The monoisotopic (exact) mass is 358 g/mol. The standard InChI is InChI=1S/C18H26N6O2/c1-13(2)9-14-10-15(23(3)22-14)16(25)21-11-18(26)5-8-24(12-18)17-19-6-4-7-20-17/h4,6-7,10,13,26H,5,8-9,11-12H2,1-3H3,(H,21,25)/t18-/m1/s1. The van der Waals surface area contributed by atoms with Crippen LogP contribution in [0.3, 0.4) is 0 Å². The molecule has 8 heteroatoms. The van der Waals surface area contributed by atoms with Crippen molar-refractivity contribution in [3.8, 4) is 0 Å². The highest BCUT2D eigenvalue weighted by Gasteiger charge is 2.37. The van der Waals surface area contributed by atoms with Gasteiger partial charge in [0.05, 0.1) is 12.2 Å². The van der Waals surface area contributed by atoms with E-state index in [0.717, 1.165) is 12.1 Å². The molecule has 1 aliphatic rings. The average Bonchev–Trinajstić information content (AvgIpc) is 3.17. The molecule has 140 valence electrons. The van der Waals surface area contributed by atoms with Crippen LogP contribution < -0.4 is 10.2 Å². The quantitative estimate of drug-likeness (QED) is 0.792. The Morgan fingerprint density at radius 3 is 2.81 bits per heavy atom. The maximum absolute atomic E-state index is 12.5. The second kappa shape index (κ2) is 7.41. The first-order chi connectivity index (χ1) is 12.4. The van der Waals surface area contributed by atoms with Gasteiger partial charge in [-0.25, -0.2) is 9.97 Å². The number of carbonyl (C=O) groups is 1. The zero-order valence-electron chi connectivity index (χ0n) is 15.5. The molecule has 2 aromatic heterocycles. The molecule has 26 heavy (non-hydrogen) atoms. The summed E-state index contributed by atoms with van der Waals surface area (Å²) in [6.45, 7) is 5.46. The van der Waals surface area contributed by atoms with E-state index in [4.69, 9.17) is 0 Å². The van der Waals surface area contributed by atoms with Gasteiger partial charge in [0.1, 0.15) is 11.3 Å². The third kappa shape index (κ3) is 4.19. The number of aryl methyl sites for hydroxylation is 1. The van der Waals surface area contributed by atoms with Crippen LogP contribution in [0.15, 0.2) is 24.5 Å². The van der Waals surface area contributed by atoms with Crippen molar-refractivity contribution < 1.29 is 9.90 Å². The highest BCUT2D eigenvalue weighted by Crippen LogP contribution is 2.23. The van der Waals surface area contributed by atoms with E-state index in [9.17, 15) is 9.90 Å². The summed E-state index contributed by atoms with van der Waals surface area (Å²) < 4.78 is 1.59. The van der Waals surface area contributed by atoms with Gasteiger partial charge in [-0.05, 0) is 30.9 Å². The first-order valence-electron chi connectivity index (χ1n) is 8.92. The number of β-amino-alcohol motifs (C(OH)–C–C–N with tert-alkyl or cyclic N) is 1. The van der Waals surface area contributed by atoms with Gasteiger partial charge in [-0.3, -0.25) is 9.48 Å². The lowest BCUT2D eigenvalue weighted by atomic mass is 10.0. The van der Waals surface area contributed by atoms with Crippen molar-refractivity contribution in [2.45, 2.75) is 32.3 Å². The topological polar surface area (TPSA) is 96.2 Å². The average molecular weight is 358 g/mol. The lowest BCUT2D eigenvalue weighted by molar-refractivity contribution is 0.0572. The van der Waals surface area contributed by atoms with Gasteiger partial charge in [0.15, 0.2) is 0 Å². The number of hydrogen-bond acceptors (Lipinski definition) is 6. The van der Waals surface area contributed by atoms with Gasteiger partial charge in [0, 0.05) is 32.5 Å². The van der Waals surface area contributed by atoms with Crippen LogP contribution in [0.1, 0.15) is 36.5 Å². The van der Waals surface area contributed by atoms with E-state index in [1.165, 1.54) is 0 Å². The SMILES string of the molecule is CC(C)Cc1cc(C(=O)NC[C@]2(O)CCN(c3ncccn3)C2)n(C)n1. The summed E-state index contributed by atoms with van der Waals surface area (Å²) >= 11 is 0. The fourth-order valence-electron chi connectivity index (χ4n) is 3.22. The number of nitrogens with one attached hydrogen (secondary N) is 1. The van der Waals surface area contributed by atoms with Crippen molar-refractivity contribution in [1.82, 2.24) is 25.1 Å². The van der Waals surface area contributed by atoms with Crippen molar-refractivity contribution >= 4 is 11.9 Å². The molecule has 3 rings (SSSR count). The van der Waals surface area contributed by atoms with Crippen molar-refractivity contribution in [2.75, 3.05) is 24.5 Å². The van der Waals surface area contributed by atoms with Crippen molar-refractivity contribution in [3.63, 3.8) is 0 Å². The summed E-state index contributed by atoms with van der Waals surface area (Å²) in [6.07, 6.45) is 4.74. The highest BCUT2D eigenvalue weighted by atomic mass is 16.3. The van der Waals surface area contributed by atoms with Gasteiger partial charge in [0.25, 0.3) is 5.91 Å². The molecule has 0 spiro atoms. The van der Waals surface area contributed by atoms with Crippen LogP contribution >= 0.6 is 0 Å². The Kier molecular flexibility index (Phi) is 5.22. The summed E-state index contributed by atoms with van der Waals surface area (Å²) in [5.41, 5.74) is 0.416. The summed E-state index contributed by atoms with van der Waals surface area (Å²) in [7, 11) is 1.76. The number of hydrogen-bond donors (Lipinski definition) is 2. The summed E-state index contributed by atoms with van der Waals surface area (Å²) in [6, 6.07) is 3.57. The van der Waals surface area contributed by atoms with Crippen LogP contribution in [0.4, 0.5) is 5.95 Å². The van der Waals surface area contributed by atoms with Crippen LogP contribution in [0, 0.1) is 5.92 Å². The molecule has 2 aromatic rings. The Labute approximate surface area is 153 Å². The number of anilines is 1.